The fraction of sp³-hybridized carbons (Fsp3) is 0.400. The SMILES string of the molecule is Cn1c2c(c3ccccc31)CCN1CCCC(Cc3ccccc3)(C(=O)O)C21C. The van der Waals surface area contributed by atoms with Crippen molar-refractivity contribution >= 4 is 16.9 Å². The molecule has 1 N–H and O–H groups in total. The topological polar surface area (TPSA) is 45.5 Å². The maximum Gasteiger partial charge on any atom is 0.312 e. The van der Waals surface area contributed by atoms with Crippen molar-refractivity contribution in [2.75, 3.05) is 13.1 Å². The summed E-state index contributed by atoms with van der Waals surface area (Å²) in [5.41, 5.74) is 3.43. The molecule has 2 atom stereocenters. The molecule has 29 heavy (non-hydrogen) atoms. The van der Waals surface area contributed by atoms with E-state index < -0.39 is 16.9 Å². The number of hydrogen-bond acceptors (Lipinski definition) is 2. The summed E-state index contributed by atoms with van der Waals surface area (Å²) in [4.78, 5) is 15.5. The molecular formula is C25H28N2O2. The van der Waals surface area contributed by atoms with E-state index in [0.717, 1.165) is 31.5 Å². The Balaban J connectivity index is 1.78. The minimum atomic E-state index is -0.857. The third-order valence-corrected chi connectivity index (χ3v) is 7.66. The Kier molecular flexibility index (Phi) is 4.11. The standard InChI is InChI=1S/C25H28N2O2/c1-24-22-20(19-11-6-7-12-21(19)26(22)2)13-16-27(24)15-8-14-25(24,23(28)29)17-18-9-4-3-5-10-18/h3-7,9-12H,8,13-17H2,1-2H3,(H,28,29). The van der Waals surface area contributed by atoms with Crippen LogP contribution >= 0.6 is 0 Å². The summed E-state index contributed by atoms with van der Waals surface area (Å²) in [7, 11) is 2.11. The van der Waals surface area contributed by atoms with Gasteiger partial charge in [0.1, 0.15) is 0 Å². The number of aliphatic carboxylic acids is 1. The number of carboxylic acid groups (broad SMARTS) is 1. The van der Waals surface area contributed by atoms with Crippen LogP contribution in [0.25, 0.3) is 10.9 Å². The number of rotatable bonds is 3. The molecule has 2 unspecified atom stereocenters. The molecule has 0 bridgehead atoms. The summed E-state index contributed by atoms with van der Waals surface area (Å²) < 4.78 is 2.27. The third-order valence-electron chi connectivity index (χ3n) is 7.66. The fourth-order valence-corrected chi connectivity index (χ4v) is 6.24. The number of hydrogen-bond donors (Lipinski definition) is 1. The first-order valence-corrected chi connectivity index (χ1v) is 10.6. The van der Waals surface area contributed by atoms with E-state index >= 15 is 0 Å². The predicted octanol–water partition coefficient (Wildman–Crippen LogP) is 4.36. The molecule has 2 aromatic carbocycles. The van der Waals surface area contributed by atoms with Crippen LogP contribution in [0.4, 0.5) is 0 Å². The lowest BCUT2D eigenvalue weighted by Gasteiger charge is -2.58. The second-order valence-corrected chi connectivity index (χ2v) is 8.87. The van der Waals surface area contributed by atoms with Crippen molar-refractivity contribution in [2.24, 2.45) is 12.5 Å². The first kappa shape index (κ1) is 18.4. The van der Waals surface area contributed by atoms with E-state index in [4.69, 9.17) is 0 Å². The van der Waals surface area contributed by atoms with Crippen molar-refractivity contribution in [1.82, 2.24) is 9.47 Å². The van der Waals surface area contributed by atoms with Crippen molar-refractivity contribution < 1.29 is 9.90 Å². The number of aromatic nitrogens is 1. The van der Waals surface area contributed by atoms with E-state index in [9.17, 15) is 9.90 Å². The molecule has 1 aromatic heterocycles. The lowest BCUT2D eigenvalue weighted by atomic mass is 9.58. The molecule has 4 heteroatoms. The van der Waals surface area contributed by atoms with E-state index in [1.807, 2.05) is 18.2 Å². The first-order chi connectivity index (χ1) is 14.0. The molecule has 5 rings (SSSR count). The Bertz CT molecular complexity index is 1090. The average Bonchev–Trinajstić information content (AvgIpc) is 3.03. The fourth-order valence-electron chi connectivity index (χ4n) is 6.24. The number of piperidine rings is 1. The van der Waals surface area contributed by atoms with Gasteiger partial charge in [0.25, 0.3) is 0 Å². The zero-order valence-electron chi connectivity index (χ0n) is 17.2. The summed E-state index contributed by atoms with van der Waals surface area (Å²) in [6, 6.07) is 18.7. The molecule has 0 radical (unpaired) electrons. The average molecular weight is 389 g/mol. The lowest BCUT2D eigenvalue weighted by molar-refractivity contribution is -0.170. The molecule has 2 aliphatic heterocycles. The monoisotopic (exact) mass is 388 g/mol. The van der Waals surface area contributed by atoms with Gasteiger partial charge in [-0.15, -0.1) is 0 Å². The van der Waals surface area contributed by atoms with Gasteiger partial charge in [0.2, 0.25) is 0 Å². The Morgan fingerprint density at radius 1 is 1.07 bits per heavy atom. The largest absolute Gasteiger partial charge is 0.481 e. The summed E-state index contributed by atoms with van der Waals surface area (Å²) in [6.45, 7) is 4.07. The van der Waals surface area contributed by atoms with Crippen molar-refractivity contribution in [3.8, 4) is 0 Å². The smallest absolute Gasteiger partial charge is 0.312 e. The number of nitrogens with zero attached hydrogens (tertiary/aromatic N) is 2. The predicted molar refractivity (Wildman–Crippen MR) is 115 cm³/mol. The van der Waals surface area contributed by atoms with Gasteiger partial charge in [0.15, 0.2) is 0 Å². The van der Waals surface area contributed by atoms with Crippen LogP contribution in [-0.4, -0.2) is 33.6 Å². The highest BCUT2D eigenvalue weighted by atomic mass is 16.4. The maximum atomic E-state index is 13.0. The maximum absolute atomic E-state index is 13.0. The number of fused-ring (bicyclic) bond motifs is 5. The number of carboxylic acids is 1. The highest BCUT2D eigenvalue weighted by Gasteiger charge is 2.62. The van der Waals surface area contributed by atoms with Gasteiger partial charge in [-0.05, 0) is 56.3 Å². The number of benzene rings is 2. The van der Waals surface area contributed by atoms with Crippen LogP contribution in [0.3, 0.4) is 0 Å². The quantitative estimate of drug-likeness (QED) is 0.725. The zero-order chi connectivity index (χ0) is 20.2. The van der Waals surface area contributed by atoms with Gasteiger partial charge in [0.05, 0.1) is 11.0 Å². The van der Waals surface area contributed by atoms with Crippen LogP contribution in [0.5, 0.6) is 0 Å². The van der Waals surface area contributed by atoms with Gasteiger partial charge < -0.3 is 9.67 Å². The highest BCUT2D eigenvalue weighted by Crippen LogP contribution is 2.56. The Labute approximate surface area is 171 Å². The van der Waals surface area contributed by atoms with Crippen LogP contribution in [-0.2, 0) is 30.2 Å². The molecule has 4 nitrogen and oxygen atoms in total. The van der Waals surface area contributed by atoms with E-state index in [1.165, 1.54) is 22.2 Å². The molecular weight excluding hydrogens is 360 g/mol. The molecule has 150 valence electrons. The minimum Gasteiger partial charge on any atom is -0.481 e. The molecule has 0 saturated carbocycles. The Morgan fingerprint density at radius 3 is 2.55 bits per heavy atom. The van der Waals surface area contributed by atoms with E-state index in [0.29, 0.717) is 12.8 Å². The van der Waals surface area contributed by atoms with Gasteiger partial charge in [-0.3, -0.25) is 9.69 Å². The van der Waals surface area contributed by atoms with Gasteiger partial charge in [-0.1, -0.05) is 48.5 Å². The summed E-state index contributed by atoms with van der Waals surface area (Å²) in [5, 5.41) is 12.0. The summed E-state index contributed by atoms with van der Waals surface area (Å²) >= 11 is 0. The van der Waals surface area contributed by atoms with Crippen LogP contribution in [0.15, 0.2) is 54.6 Å². The van der Waals surface area contributed by atoms with Crippen LogP contribution < -0.4 is 0 Å². The Morgan fingerprint density at radius 2 is 1.79 bits per heavy atom. The van der Waals surface area contributed by atoms with Gasteiger partial charge in [-0.25, -0.2) is 0 Å². The molecule has 2 aliphatic rings. The van der Waals surface area contributed by atoms with Crippen LogP contribution in [0.2, 0.25) is 0 Å². The van der Waals surface area contributed by atoms with Crippen molar-refractivity contribution in [3.05, 3.63) is 71.4 Å². The molecule has 0 amide bonds. The number of aryl methyl sites for hydroxylation is 1. The van der Waals surface area contributed by atoms with Crippen LogP contribution in [0.1, 0.15) is 36.6 Å². The lowest BCUT2D eigenvalue weighted by Crippen LogP contribution is -2.65. The van der Waals surface area contributed by atoms with Crippen molar-refractivity contribution in [3.63, 3.8) is 0 Å². The van der Waals surface area contributed by atoms with Gasteiger partial charge in [0, 0.05) is 30.2 Å². The molecule has 1 saturated heterocycles. The highest BCUT2D eigenvalue weighted by molar-refractivity contribution is 5.87. The molecule has 0 aliphatic carbocycles. The molecule has 3 aromatic rings. The van der Waals surface area contributed by atoms with Crippen molar-refractivity contribution in [1.29, 1.82) is 0 Å². The minimum absolute atomic E-state index is 0.547. The molecule has 0 spiro atoms. The third kappa shape index (κ3) is 2.39. The second kappa shape index (κ2) is 6.46. The second-order valence-electron chi connectivity index (χ2n) is 8.87. The summed E-state index contributed by atoms with van der Waals surface area (Å²) in [6.07, 6.45) is 3.16. The number of para-hydroxylation sites is 1. The van der Waals surface area contributed by atoms with Crippen molar-refractivity contribution in [2.45, 2.75) is 38.1 Å². The first-order valence-electron chi connectivity index (χ1n) is 10.6. The zero-order valence-corrected chi connectivity index (χ0v) is 17.2. The normalized spacial score (nSPS) is 26.8. The van der Waals surface area contributed by atoms with E-state index in [-0.39, 0.29) is 0 Å². The molecule has 1 fully saturated rings. The number of carbonyl (C=O) groups is 1. The van der Waals surface area contributed by atoms with Gasteiger partial charge in [-0.2, -0.15) is 0 Å². The van der Waals surface area contributed by atoms with E-state index in [1.54, 1.807) is 0 Å². The summed E-state index contributed by atoms with van der Waals surface area (Å²) in [5.74, 6) is -0.674. The molecule has 3 heterocycles. The Hall–Kier alpha value is -2.59. The van der Waals surface area contributed by atoms with Gasteiger partial charge >= 0.3 is 5.97 Å². The van der Waals surface area contributed by atoms with E-state index in [2.05, 4.69) is 59.8 Å². The van der Waals surface area contributed by atoms with Crippen LogP contribution in [0, 0.1) is 5.41 Å².